The van der Waals surface area contributed by atoms with Crippen LogP contribution in [0.25, 0.3) is 0 Å². The quantitative estimate of drug-likeness (QED) is 0.643. The molecule has 1 saturated carbocycles. The minimum atomic E-state index is 0.168. The highest BCUT2D eigenvalue weighted by Gasteiger charge is 2.41. The molecule has 5 heteroatoms. The van der Waals surface area contributed by atoms with Crippen molar-refractivity contribution in [3.63, 3.8) is 0 Å². The molecule has 1 aromatic rings. The predicted molar refractivity (Wildman–Crippen MR) is 81.4 cm³/mol. The fourth-order valence-electron chi connectivity index (χ4n) is 3.43. The lowest BCUT2D eigenvalue weighted by molar-refractivity contribution is 0.191. The topological polar surface area (TPSA) is 55.9 Å². The molecule has 108 valence electrons. The van der Waals surface area contributed by atoms with Gasteiger partial charge in [-0.15, -0.1) is 0 Å². The number of nitrogens with two attached hydrogens (primary N) is 1. The number of hydrogen-bond acceptors (Lipinski definition) is 3. The molecule has 19 heavy (non-hydrogen) atoms. The molecule has 0 spiro atoms. The van der Waals surface area contributed by atoms with Crippen molar-refractivity contribution in [3.05, 3.63) is 16.4 Å². The van der Waals surface area contributed by atoms with Gasteiger partial charge in [-0.2, -0.15) is 5.10 Å². The Labute approximate surface area is 124 Å². The molecular formula is C14H25BrN4. The van der Waals surface area contributed by atoms with Crippen LogP contribution >= 0.6 is 15.9 Å². The minimum Gasteiger partial charge on any atom is -0.271 e. The van der Waals surface area contributed by atoms with Gasteiger partial charge in [-0.1, -0.05) is 27.2 Å². The summed E-state index contributed by atoms with van der Waals surface area (Å²) in [4.78, 5) is 0. The summed E-state index contributed by atoms with van der Waals surface area (Å²) in [7, 11) is 0. The molecule has 4 nitrogen and oxygen atoms in total. The highest BCUT2D eigenvalue weighted by atomic mass is 79.9. The van der Waals surface area contributed by atoms with Crippen LogP contribution in [0.3, 0.4) is 0 Å². The SMILES string of the molecule is CCCn1ncc(Br)c1C(NN)C1CCCC1(C)C. The number of hydrazine groups is 1. The second kappa shape index (κ2) is 5.94. The third kappa shape index (κ3) is 2.88. The zero-order chi connectivity index (χ0) is 14.0. The number of halogens is 1. The van der Waals surface area contributed by atoms with Crippen molar-refractivity contribution in [2.45, 2.75) is 59.0 Å². The van der Waals surface area contributed by atoms with E-state index in [-0.39, 0.29) is 6.04 Å². The lowest BCUT2D eigenvalue weighted by atomic mass is 9.76. The average Bonchev–Trinajstić information content (AvgIpc) is 2.87. The van der Waals surface area contributed by atoms with Gasteiger partial charge in [-0.25, -0.2) is 0 Å². The summed E-state index contributed by atoms with van der Waals surface area (Å²) >= 11 is 3.63. The number of aromatic nitrogens is 2. The second-order valence-electron chi connectivity index (χ2n) is 6.23. The lowest BCUT2D eigenvalue weighted by Gasteiger charge is -2.34. The normalized spacial score (nSPS) is 23.7. The molecule has 3 N–H and O–H groups in total. The van der Waals surface area contributed by atoms with Gasteiger partial charge in [0.05, 0.1) is 22.4 Å². The Hall–Kier alpha value is -0.390. The van der Waals surface area contributed by atoms with E-state index in [9.17, 15) is 0 Å². The van der Waals surface area contributed by atoms with Crippen LogP contribution in [-0.2, 0) is 6.54 Å². The molecule has 1 aliphatic carbocycles. The fraction of sp³-hybridized carbons (Fsp3) is 0.786. The van der Waals surface area contributed by atoms with Crippen LogP contribution in [0, 0.1) is 11.3 Å². The van der Waals surface area contributed by atoms with Crippen LogP contribution in [-0.4, -0.2) is 9.78 Å². The van der Waals surface area contributed by atoms with Gasteiger partial charge in [0.2, 0.25) is 0 Å². The van der Waals surface area contributed by atoms with Crippen molar-refractivity contribution >= 4 is 15.9 Å². The number of nitrogens with zero attached hydrogens (tertiary/aromatic N) is 2. The summed E-state index contributed by atoms with van der Waals surface area (Å²) in [5, 5.41) is 4.47. The molecule has 1 heterocycles. The second-order valence-corrected chi connectivity index (χ2v) is 7.09. The van der Waals surface area contributed by atoms with Crippen LogP contribution in [0.2, 0.25) is 0 Å². The molecule has 0 aromatic carbocycles. The Morgan fingerprint density at radius 3 is 2.89 bits per heavy atom. The first-order valence-electron chi connectivity index (χ1n) is 7.18. The van der Waals surface area contributed by atoms with Gasteiger partial charge in [0.1, 0.15) is 0 Å². The summed E-state index contributed by atoms with van der Waals surface area (Å²) in [5.74, 6) is 6.44. The minimum absolute atomic E-state index is 0.168. The van der Waals surface area contributed by atoms with E-state index in [1.807, 2.05) is 6.20 Å². The zero-order valence-corrected chi connectivity index (χ0v) is 13.7. The van der Waals surface area contributed by atoms with Gasteiger partial charge in [-0.3, -0.25) is 16.0 Å². The largest absolute Gasteiger partial charge is 0.271 e. The van der Waals surface area contributed by atoms with Crippen LogP contribution in [0.15, 0.2) is 10.7 Å². The Bertz CT molecular complexity index is 427. The Morgan fingerprint density at radius 2 is 2.37 bits per heavy atom. The summed E-state index contributed by atoms with van der Waals surface area (Å²) in [6.07, 6.45) is 6.75. The first-order valence-corrected chi connectivity index (χ1v) is 7.98. The standard InChI is InChI=1S/C14H25BrN4/c1-4-8-19-13(11(15)9-17-19)12(18-16)10-6-5-7-14(10,2)3/h9-10,12,18H,4-8,16H2,1-3H3. The fourth-order valence-corrected chi connectivity index (χ4v) is 3.97. The van der Waals surface area contributed by atoms with E-state index in [1.54, 1.807) is 0 Å². The van der Waals surface area contributed by atoms with E-state index in [2.05, 4.69) is 51.9 Å². The summed E-state index contributed by atoms with van der Waals surface area (Å²) < 4.78 is 3.15. The number of nitrogens with one attached hydrogen (secondary N) is 1. The molecule has 0 amide bonds. The van der Waals surface area contributed by atoms with Crippen molar-refractivity contribution in [1.82, 2.24) is 15.2 Å². The third-order valence-corrected chi connectivity index (χ3v) is 5.10. The number of aryl methyl sites for hydroxylation is 1. The van der Waals surface area contributed by atoms with Crippen molar-refractivity contribution in [2.24, 2.45) is 17.2 Å². The maximum Gasteiger partial charge on any atom is 0.0712 e. The molecule has 0 bridgehead atoms. The van der Waals surface area contributed by atoms with Crippen molar-refractivity contribution in [3.8, 4) is 0 Å². The smallest absolute Gasteiger partial charge is 0.0712 e. The van der Waals surface area contributed by atoms with E-state index in [1.165, 1.54) is 25.0 Å². The first-order chi connectivity index (χ1) is 9.01. The summed E-state index contributed by atoms with van der Waals surface area (Å²) in [5.41, 5.74) is 4.58. The third-order valence-electron chi connectivity index (χ3n) is 4.49. The van der Waals surface area contributed by atoms with E-state index in [0.29, 0.717) is 11.3 Å². The average molecular weight is 329 g/mol. The van der Waals surface area contributed by atoms with Gasteiger partial charge in [0, 0.05) is 6.54 Å². The molecule has 1 fully saturated rings. The molecule has 0 aliphatic heterocycles. The maximum absolute atomic E-state index is 5.89. The van der Waals surface area contributed by atoms with Gasteiger partial charge < -0.3 is 0 Å². The first kappa shape index (κ1) is 15.0. The van der Waals surface area contributed by atoms with Gasteiger partial charge >= 0.3 is 0 Å². The molecular weight excluding hydrogens is 304 g/mol. The molecule has 2 unspecified atom stereocenters. The molecule has 2 atom stereocenters. The van der Waals surface area contributed by atoms with Crippen molar-refractivity contribution in [1.29, 1.82) is 0 Å². The highest BCUT2D eigenvalue weighted by molar-refractivity contribution is 9.10. The van der Waals surface area contributed by atoms with Gasteiger partial charge in [0.25, 0.3) is 0 Å². The Morgan fingerprint density at radius 1 is 1.63 bits per heavy atom. The van der Waals surface area contributed by atoms with Crippen LogP contribution in [0.4, 0.5) is 0 Å². The van der Waals surface area contributed by atoms with Gasteiger partial charge in [-0.05, 0) is 46.5 Å². The van der Waals surface area contributed by atoms with Crippen LogP contribution in [0.5, 0.6) is 0 Å². The maximum atomic E-state index is 5.89. The molecule has 0 radical (unpaired) electrons. The zero-order valence-electron chi connectivity index (χ0n) is 12.1. The highest BCUT2D eigenvalue weighted by Crippen LogP contribution is 2.49. The van der Waals surface area contributed by atoms with Crippen LogP contribution in [0.1, 0.15) is 58.2 Å². The number of hydrogen-bond donors (Lipinski definition) is 2. The van der Waals surface area contributed by atoms with Gasteiger partial charge in [0.15, 0.2) is 0 Å². The monoisotopic (exact) mass is 328 g/mol. The Kier molecular flexibility index (Phi) is 4.69. The summed E-state index contributed by atoms with van der Waals surface area (Å²) in [6, 6.07) is 0.168. The van der Waals surface area contributed by atoms with Crippen molar-refractivity contribution in [2.75, 3.05) is 0 Å². The predicted octanol–water partition coefficient (Wildman–Crippen LogP) is 3.39. The van der Waals surface area contributed by atoms with E-state index >= 15 is 0 Å². The Balaban J connectivity index is 2.34. The van der Waals surface area contributed by atoms with E-state index < -0.39 is 0 Å². The van der Waals surface area contributed by atoms with Crippen LogP contribution < -0.4 is 11.3 Å². The molecule has 2 rings (SSSR count). The summed E-state index contributed by atoms with van der Waals surface area (Å²) in [6.45, 7) is 7.81. The lowest BCUT2D eigenvalue weighted by Crippen LogP contribution is -2.39. The molecule has 1 aromatic heterocycles. The van der Waals surface area contributed by atoms with Crippen molar-refractivity contribution < 1.29 is 0 Å². The van der Waals surface area contributed by atoms with E-state index in [4.69, 9.17) is 5.84 Å². The molecule has 0 saturated heterocycles. The number of rotatable bonds is 5. The molecule has 1 aliphatic rings. The van der Waals surface area contributed by atoms with E-state index in [0.717, 1.165) is 17.4 Å².